The lowest BCUT2D eigenvalue weighted by atomic mass is 10.2. The molecule has 0 radical (unpaired) electrons. The van der Waals surface area contributed by atoms with Gasteiger partial charge in [0, 0.05) is 27.3 Å². The number of amides is 1. The van der Waals surface area contributed by atoms with Crippen LogP contribution in [-0.2, 0) is 30.9 Å². The Bertz CT molecular complexity index is 688. The first-order valence-corrected chi connectivity index (χ1v) is 9.58. The lowest BCUT2D eigenvalue weighted by Gasteiger charge is -2.23. The Morgan fingerprint density at radius 1 is 1.12 bits per heavy atom. The number of hydrogen-bond acceptors (Lipinski definition) is 7. The summed E-state index contributed by atoms with van der Waals surface area (Å²) < 4.78 is 44.4. The van der Waals surface area contributed by atoms with Crippen LogP contribution >= 0.6 is 0 Å². The molecule has 1 aromatic rings. The zero-order valence-electron chi connectivity index (χ0n) is 15.9. The van der Waals surface area contributed by atoms with E-state index in [2.05, 4.69) is 0 Å². The van der Waals surface area contributed by atoms with Crippen molar-refractivity contribution in [1.29, 1.82) is 0 Å². The van der Waals surface area contributed by atoms with Gasteiger partial charge in [-0.2, -0.15) is 8.42 Å². The fourth-order valence-electron chi connectivity index (χ4n) is 2.03. The van der Waals surface area contributed by atoms with Crippen LogP contribution in [-0.4, -0.2) is 65.6 Å². The highest BCUT2D eigenvalue weighted by molar-refractivity contribution is 7.87. The number of methoxy groups -OCH3 is 3. The lowest BCUT2D eigenvalue weighted by molar-refractivity contribution is -0.136. The van der Waals surface area contributed by atoms with Crippen molar-refractivity contribution in [2.75, 3.05) is 41.1 Å². The molecule has 8 nitrogen and oxygen atoms in total. The van der Waals surface area contributed by atoms with Crippen molar-refractivity contribution in [3.05, 3.63) is 23.8 Å². The van der Waals surface area contributed by atoms with E-state index < -0.39 is 15.4 Å². The number of nitrogens with zero attached hydrogens (tertiary/aromatic N) is 1. The molecule has 0 unspecified atom stereocenters. The van der Waals surface area contributed by atoms with E-state index in [1.165, 1.54) is 28.1 Å². The Hall–Kier alpha value is -1.84. The van der Waals surface area contributed by atoms with Crippen molar-refractivity contribution in [1.82, 2.24) is 4.90 Å². The Kier molecular flexibility index (Phi) is 8.83. The van der Waals surface area contributed by atoms with Gasteiger partial charge in [-0.25, -0.2) is 0 Å². The molecule has 0 heterocycles. The molecule has 1 rings (SSSR count). The Morgan fingerprint density at radius 3 is 2.35 bits per heavy atom. The Labute approximate surface area is 155 Å². The smallest absolute Gasteiger partial charge is 0.311 e. The van der Waals surface area contributed by atoms with Crippen molar-refractivity contribution in [3.63, 3.8) is 0 Å². The average molecular weight is 389 g/mol. The first-order valence-electron chi connectivity index (χ1n) is 8.11. The van der Waals surface area contributed by atoms with Crippen molar-refractivity contribution in [3.8, 4) is 11.5 Å². The largest absolute Gasteiger partial charge is 0.493 e. The summed E-state index contributed by atoms with van der Waals surface area (Å²) in [6, 6.07) is 4.90. The highest BCUT2D eigenvalue weighted by Gasteiger charge is 2.21. The van der Waals surface area contributed by atoms with E-state index in [0.717, 1.165) is 0 Å². The summed E-state index contributed by atoms with van der Waals surface area (Å²) in [5.41, 5.74) is 0.695. The van der Waals surface area contributed by atoms with Crippen LogP contribution in [0, 0.1) is 0 Å². The highest BCUT2D eigenvalue weighted by Crippen LogP contribution is 2.30. The highest BCUT2D eigenvalue weighted by atomic mass is 32.2. The van der Waals surface area contributed by atoms with Crippen molar-refractivity contribution < 1.29 is 31.6 Å². The van der Waals surface area contributed by atoms with Crippen LogP contribution in [0.25, 0.3) is 0 Å². The minimum absolute atomic E-state index is 0.0506. The standard InChI is InChI=1S/C17H27NO7S/c1-13(2)26(20,21)25-16-10-14(6-7-15(16)24-5)11-18(8-9-22-3)17(19)12-23-4/h6-7,10,13H,8-9,11-12H2,1-5H3. The molecule has 0 bridgehead atoms. The van der Waals surface area contributed by atoms with E-state index >= 15 is 0 Å². The van der Waals surface area contributed by atoms with Gasteiger partial charge in [0.2, 0.25) is 5.91 Å². The molecular formula is C17H27NO7S. The van der Waals surface area contributed by atoms with Gasteiger partial charge in [-0.05, 0) is 31.5 Å². The average Bonchev–Trinajstić information content (AvgIpc) is 2.58. The van der Waals surface area contributed by atoms with E-state index in [-0.39, 0.29) is 24.8 Å². The number of carbonyl (C=O) groups is 1. The third kappa shape index (κ3) is 6.47. The summed E-state index contributed by atoms with van der Waals surface area (Å²) in [7, 11) is 0.656. The molecule has 0 fully saturated rings. The first-order chi connectivity index (χ1) is 12.2. The Balaban J connectivity index is 3.08. The van der Waals surface area contributed by atoms with Crippen LogP contribution in [0.2, 0.25) is 0 Å². The van der Waals surface area contributed by atoms with E-state index in [9.17, 15) is 13.2 Å². The van der Waals surface area contributed by atoms with E-state index in [4.69, 9.17) is 18.4 Å². The number of hydrogen-bond donors (Lipinski definition) is 0. The third-order valence-corrected chi connectivity index (χ3v) is 5.14. The molecular weight excluding hydrogens is 362 g/mol. The van der Waals surface area contributed by atoms with Gasteiger partial charge in [-0.3, -0.25) is 4.79 Å². The summed E-state index contributed by atoms with van der Waals surface area (Å²) >= 11 is 0. The van der Waals surface area contributed by atoms with Gasteiger partial charge in [0.05, 0.1) is 19.0 Å². The lowest BCUT2D eigenvalue weighted by Crippen LogP contribution is -2.35. The molecule has 148 valence electrons. The van der Waals surface area contributed by atoms with Crippen LogP contribution < -0.4 is 8.92 Å². The fraction of sp³-hybridized carbons (Fsp3) is 0.588. The van der Waals surface area contributed by atoms with Crippen LogP contribution in [0.5, 0.6) is 11.5 Å². The van der Waals surface area contributed by atoms with Crippen molar-refractivity contribution in [2.45, 2.75) is 25.6 Å². The molecule has 0 aliphatic heterocycles. The predicted molar refractivity (Wildman–Crippen MR) is 96.8 cm³/mol. The minimum Gasteiger partial charge on any atom is -0.493 e. The maximum atomic E-state index is 12.2. The molecule has 0 aliphatic carbocycles. The molecule has 0 aromatic heterocycles. The van der Waals surface area contributed by atoms with Gasteiger partial charge in [-0.1, -0.05) is 6.07 Å². The number of ether oxygens (including phenoxy) is 3. The monoisotopic (exact) mass is 389 g/mol. The summed E-state index contributed by atoms with van der Waals surface area (Å²) in [5, 5.41) is -0.697. The second kappa shape index (κ2) is 10.3. The maximum absolute atomic E-state index is 12.2. The topological polar surface area (TPSA) is 91.4 Å². The molecule has 0 N–H and O–H groups in total. The molecule has 26 heavy (non-hydrogen) atoms. The fourth-order valence-corrected chi connectivity index (χ4v) is 2.61. The molecule has 0 aliphatic rings. The summed E-state index contributed by atoms with van der Waals surface area (Å²) in [4.78, 5) is 13.7. The van der Waals surface area contributed by atoms with Gasteiger partial charge in [0.1, 0.15) is 6.61 Å². The summed E-state index contributed by atoms with van der Waals surface area (Å²) in [5.74, 6) is 0.187. The second-order valence-electron chi connectivity index (χ2n) is 5.85. The second-order valence-corrected chi connectivity index (χ2v) is 7.95. The van der Waals surface area contributed by atoms with Crippen LogP contribution in [0.1, 0.15) is 19.4 Å². The predicted octanol–water partition coefficient (Wildman–Crippen LogP) is 1.43. The molecule has 0 spiro atoms. The van der Waals surface area contributed by atoms with Gasteiger partial charge in [0.15, 0.2) is 11.5 Å². The summed E-state index contributed by atoms with van der Waals surface area (Å²) in [6.07, 6.45) is 0. The molecule has 1 aromatic carbocycles. The number of carbonyl (C=O) groups excluding carboxylic acids is 1. The van der Waals surface area contributed by atoms with E-state index in [1.807, 2.05) is 0 Å². The van der Waals surface area contributed by atoms with Crippen LogP contribution in [0.15, 0.2) is 18.2 Å². The van der Waals surface area contributed by atoms with Gasteiger partial charge in [0.25, 0.3) is 0 Å². The molecule has 9 heteroatoms. The molecule has 1 amide bonds. The maximum Gasteiger partial charge on any atom is 0.311 e. The minimum atomic E-state index is -3.77. The van der Waals surface area contributed by atoms with Gasteiger partial charge >= 0.3 is 10.1 Å². The molecule has 0 atom stereocenters. The van der Waals surface area contributed by atoms with Crippen molar-refractivity contribution in [2.24, 2.45) is 0 Å². The van der Waals surface area contributed by atoms with Gasteiger partial charge < -0.3 is 23.3 Å². The first kappa shape index (κ1) is 22.2. The van der Waals surface area contributed by atoms with E-state index in [0.29, 0.717) is 24.5 Å². The van der Waals surface area contributed by atoms with Gasteiger partial charge in [-0.15, -0.1) is 0 Å². The number of benzene rings is 1. The number of rotatable bonds is 11. The van der Waals surface area contributed by atoms with Crippen LogP contribution in [0.3, 0.4) is 0 Å². The molecule has 0 saturated heterocycles. The third-order valence-electron chi connectivity index (χ3n) is 3.57. The normalized spacial score (nSPS) is 11.5. The SMILES string of the molecule is COCCN(Cc1ccc(OC)c(OS(=O)(=O)C(C)C)c1)C(=O)COC. The summed E-state index contributed by atoms with van der Waals surface area (Å²) in [6.45, 7) is 4.02. The zero-order chi connectivity index (χ0) is 19.7. The zero-order valence-corrected chi connectivity index (χ0v) is 16.7. The van der Waals surface area contributed by atoms with E-state index in [1.54, 1.807) is 30.2 Å². The Morgan fingerprint density at radius 2 is 1.81 bits per heavy atom. The molecule has 0 saturated carbocycles. The quantitative estimate of drug-likeness (QED) is 0.529. The van der Waals surface area contributed by atoms with Crippen molar-refractivity contribution >= 4 is 16.0 Å². The van der Waals surface area contributed by atoms with Crippen LogP contribution in [0.4, 0.5) is 0 Å².